The van der Waals surface area contributed by atoms with Crippen LogP contribution in [0.4, 0.5) is 0 Å². The third kappa shape index (κ3) is 40.2. The average Bonchev–Trinajstić information content (AvgIpc) is 1.47. The van der Waals surface area contributed by atoms with E-state index < -0.39 is 35.3 Å². The lowest BCUT2D eigenvalue weighted by Gasteiger charge is -2.23. The maximum atomic E-state index is 13.1. The molecule has 0 aliphatic carbocycles. The highest BCUT2D eigenvalue weighted by molar-refractivity contribution is 8.12. The lowest BCUT2D eigenvalue weighted by molar-refractivity contribution is -0.192. The standard InChI is InChI=1S/C22H24N2O3.C22H26N2O2.C20H13O4P.C15H20N2O2.C7H9N.C7H10O2.C4H10O2.CClNO3S.CO2.6CH4/c1-3-27-22(26)19-16(2)24(15-18-12-8-5-9-13-18)21(25)20(19)23-14-17-10-6-4-7-11-17;1-3-26-22(25)21-17(2)24(15-19-12-8-5-9-13-19)16-20(21)23-14-18-10-6-4-7-11-18;21-25(22)23-17-11-9-13-5-1-3-7-15(13)19(17)20-16-8-4-2-6-14(16)10-12-18(20)24-25;1-3-19-15(18)14-11(2)17(10-13(14)16)9-12-7-5-4-6-8-12;8-6-7-4-2-1-3-5-7;1-3-5-6-7(8)9-4-2;1-3-6-4(2)5;2-7(5,6)3-1-4;2-1-3;;;;;;/h4-13,16,23H,3,14-15H2,1-2H3;4-13,17,23H,3,14-16H2,1-2H3;1-12H,(H,21,22);4-8,11H,3,9-10,16H2,1-2H3;1-5H,6,8H2;3-4H2,1-2H3;4-5H,3H2,1-2H3;;;6*1H4. The van der Waals surface area contributed by atoms with Crippen LogP contribution in [-0.2, 0) is 115 Å². The Morgan fingerprint density at radius 3 is 1.23 bits per heavy atom. The Kier molecular flexibility index (Phi) is 59.1. The van der Waals surface area contributed by atoms with Gasteiger partial charge in [-0.3, -0.25) is 19.5 Å². The molecular formula is C105H136ClN8O20PS. The number of rotatable bonds is 23. The monoisotopic (exact) mass is 1930 g/mol. The molecule has 734 valence electrons. The number of phosphoric acid groups is 1. The molecule has 136 heavy (non-hydrogen) atoms. The molecule has 4 heterocycles. The van der Waals surface area contributed by atoms with E-state index in [1.807, 2.05) is 241 Å². The van der Waals surface area contributed by atoms with E-state index in [9.17, 15) is 41.8 Å². The largest absolute Gasteiger partial charge is 0.584 e. The number of ether oxygens (including phenoxy) is 5. The van der Waals surface area contributed by atoms with Gasteiger partial charge in [-0.2, -0.15) is 18.0 Å². The van der Waals surface area contributed by atoms with Gasteiger partial charge in [-0.05, 0) is 129 Å². The molecule has 0 spiro atoms. The van der Waals surface area contributed by atoms with E-state index in [-0.39, 0.29) is 93.3 Å². The highest BCUT2D eigenvalue weighted by Gasteiger charge is 2.42. The Morgan fingerprint density at radius 2 is 0.868 bits per heavy atom. The van der Waals surface area contributed by atoms with Gasteiger partial charge in [0, 0.05) is 117 Å². The summed E-state index contributed by atoms with van der Waals surface area (Å²) >= 11 is 0. The maximum Gasteiger partial charge on any atom is 0.584 e. The normalized spacial score (nSPS) is 14.4. The molecule has 0 aromatic heterocycles. The van der Waals surface area contributed by atoms with Crippen molar-refractivity contribution in [3.8, 4) is 34.5 Å². The van der Waals surface area contributed by atoms with Crippen molar-refractivity contribution >= 4 is 91.3 Å². The molecule has 10 aromatic rings. The van der Waals surface area contributed by atoms with Crippen molar-refractivity contribution in [2.45, 2.75) is 184 Å². The van der Waals surface area contributed by atoms with E-state index in [2.05, 4.69) is 100 Å². The molecule has 4 unspecified atom stereocenters. The molecule has 0 fully saturated rings. The minimum atomic E-state index is -4.25. The number of aliphatic hydroxyl groups excluding tert-OH is 1. The van der Waals surface area contributed by atoms with Crippen molar-refractivity contribution in [3.05, 3.63) is 322 Å². The second-order valence-corrected chi connectivity index (χ2v) is 31.9. The maximum absolute atomic E-state index is 13.1. The Hall–Kier alpha value is -13.2. The molecule has 0 saturated heterocycles. The third-order valence-electron chi connectivity index (χ3n) is 19.5. The zero-order chi connectivity index (χ0) is 95.0. The van der Waals surface area contributed by atoms with E-state index in [4.69, 9.17) is 54.2 Å². The van der Waals surface area contributed by atoms with Crippen LogP contribution in [0.15, 0.2) is 293 Å². The van der Waals surface area contributed by atoms with Gasteiger partial charge < -0.3 is 64.8 Å². The van der Waals surface area contributed by atoms with Gasteiger partial charge in [0.25, 0.3) is 12.0 Å². The number of hydrogen-bond acceptors (Lipinski definition) is 25. The quantitative estimate of drug-likeness (QED) is 0.00399. The molecule has 4 aliphatic heterocycles. The van der Waals surface area contributed by atoms with Crippen molar-refractivity contribution in [2.24, 2.45) is 15.9 Å². The molecule has 0 radical (unpaired) electrons. The SMILES string of the molecule is C.C.C.C.C.C.CCC#CC(=O)OCC.CCOC(=O)C1=C(N)CN(Cc2ccccc2)C1C.CCOC(=O)C1=C(NCc2ccccc2)C(=O)N(Cc2ccccc2)C1C.CCOC(=O)C1=C(NCc2ccccc2)CN(Cc2ccccc2)C1C.CCOC(C)O.NCc1ccccc1.O=C=NS(=O)(=O)Cl.O=C=O.O=P1(O)Oc2ccc3ccccc3c2-c2c(ccc3ccccc23)O1. The summed E-state index contributed by atoms with van der Waals surface area (Å²) < 4.78 is 69.1. The topological polar surface area (TPSA) is 391 Å². The number of nitrogens with two attached hydrogens (primary N) is 2. The van der Waals surface area contributed by atoms with Crippen LogP contribution in [0.2, 0.25) is 0 Å². The number of nitrogens with one attached hydrogen (secondary N) is 2. The lowest BCUT2D eigenvalue weighted by atomic mass is 9.92. The summed E-state index contributed by atoms with van der Waals surface area (Å²) in [6.45, 7) is 25.6. The fraction of sp³-hybridized carbons (Fsp3) is 0.324. The van der Waals surface area contributed by atoms with Crippen molar-refractivity contribution in [1.29, 1.82) is 0 Å². The molecular weight excluding hydrogens is 1790 g/mol. The van der Waals surface area contributed by atoms with E-state index >= 15 is 0 Å². The summed E-state index contributed by atoms with van der Waals surface area (Å²) in [7, 11) is -3.87. The summed E-state index contributed by atoms with van der Waals surface area (Å²) in [5, 5.41) is 18.9. The number of hydrogen-bond donors (Lipinski definition) is 6. The van der Waals surface area contributed by atoms with Gasteiger partial charge in [0.2, 0.25) is 0 Å². The van der Waals surface area contributed by atoms with Gasteiger partial charge in [-0.1, -0.05) is 304 Å². The molecule has 1 amide bonds. The fourth-order valence-electron chi connectivity index (χ4n) is 13.6. The molecule has 31 heteroatoms. The average molecular weight is 1930 g/mol. The van der Waals surface area contributed by atoms with Crippen LogP contribution in [-0.4, -0.2) is 146 Å². The van der Waals surface area contributed by atoms with E-state index in [0.717, 1.165) is 80.8 Å². The van der Waals surface area contributed by atoms with Gasteiger partial charge >= 0.3 is 47.1 Å². The summed E-state index contributed by atoms with van der Waals surface area (Å²) in [5.41, 5.74) is 23.5. The number of fused-ring (bicyclic) bond motifs is 7. The summed E-state index contributed by atoms with van der Waals surface area (Å²) in [6.07, 6.45) is 1.10. The van der Waals surface area contributed by atoms with E-state index in [1.54, 1.807) is 44.7 Å². The molecule has 10 aromatic carbocycles. The number of carbonyl (C=O) groups excluding carboxylic acids is 8. The second kappa shape index (κ2) is 65.5. The molecule has 0 bridgehead atoms. The smallest absolute Gasteiger partial charge is 0.463 e. The number of esters is 4. The van der Waals surface area contributed by atoms with Crippen LogP contribution >= 0.6 is 18.5 Å². The molecule has 0 saturated carbocycles. The lowest BCUT2D eigenvalue weighted by Crippen LogP contribution is -2.35. The first-order valence-corrected chi connectivity index (χ1v) is 45.7. The molecule has 8 N–H and O–H groups in total. The van der Waals surface area contributed by atoms with Crippen LogP contribution in [0.3, 0.4) is 0 Å². The second-order valence-electron chi connectivity index (χ2n) is 28.5. The van der Waals surface area contributed by atoms with Crippen LogP contribution in [0.1, 0.15) is 154 Å². The fourth-order valence-corrected chi connectivity index (χ4v) is 14.6. The predicted octanol–water partition coefficient (Wildman–Crippen LogP) is 19.2. The zero-order valence-electron chi connectivity index (χ0n) is 74.4. The summed E-state index contributed by atoms with van der Waals surface area (Å²) in [5.74, 6) is 4.07. The Balaban J connectivity index is 0.00000159. The first-order chi connectivity index (χ1) is 62.5. The van der Waals surface area contributed by atoms with Gasteiger partial charge in [0.15, 0.2) is 6.29 Å². The van der Waals surface area contributed by atoms with Gasteiger partial charge in [-0.25, -0.2) is 28.5 Å². The minimum Gasteiger partial charge on any atom is -0.463 e. The number of amides is 1. The zero-order valence-corrected chi connectivity index (χ0v) is 76.8. The summed E-state index contributed by atoms with van der Waals surface area (Å²) in [4.78, 5) is 102. The number of aliphatic hydroxyl groups is 1. The van der Waals surface area contributed by atoms with Crippen LogP contribution in [0.25, 0.3) is 32.7 Å². The number of benzene rings is 10. The first-order valence-electron chi connectivity index (χ1n) is 42.0. The van der Waals surface area contributed by atoms with Crippen molar-refractivity contribution in [1.82, 2.24) is 25.3 Å². The van der Waals surface area contributed by atoms with Gasteiger partial charge in [0.05, 0.1) is 49.2 Å². The van der Waals surface area contributed by atoms with Gasteiger partial charge in [-0.15, -0.1) is 0 Å². The van der Waals surface area contributed by atoms with Crippen molar-refractivity contribution in [2.75, 3.05) is 46.1 Å². The van der Waals surface area contributed by atoms with Crippen LogP contribution in [0, 0.1) is 11.8 Å². The first kappa shape index (κ1) is 123. The van der Waals surface area contributed by atoms with Crippen LogP contribution in [0.5, 0.6) is 11.5 Å². The molecule has 14 rings (SSSR count). The highest BCUT2D eigenvalue weighted by Crippen LogP contribution is 2.57. The van der Waals surface area contributed by atoms with E-state index in [1.165, 1.54) is 22.3 Å². The minimum absolute atomic E-state index is 0. The van der Waals surface area contributed by atoms with E-state index in [0.29, 0.717) is 99.6 Å². The number of carbonyl (C=O) groups is 5. The van der Waals surface area contributed by atoms with Crippen molar-refractivity contribution in [3.63, 3.8) is 0 Å². The Labute approximate surface area is 808 Å². The Morgan fingerprint density at radius 1 is 0.507 bits per heavy atom. The number of phosphoric ester groups is 1. The molecule has 4 aliphatic rings. The highest BCUT2D eigenvalue weighted by atomic mass is 35.7. The Bertz CT molecular complexity index is 5630. The number of isocyanates is 1. The predicted molar refractivity (Wildman–Crippen MR) is 539 cm³/mol. The summed E-state index contributed by atoms with van der Waals surface area (Å²) in [6, 6.07) is 82.9. The molecule has 4 atom stereocenters. The number of nitrogens with zero attached hydrogens (tertiary/aromatic N) is 4. The third-order valence-corrected chi connectivity index (χ3v) is 20.9. The number of halogens is 1. The van der Waals surface area contributed by atoms with Crippen molar-refractivity contribution < 1.29 is 94.1 Å². The molecule has 28 nitrogen and oxygen atoms in total. The van der Waals surface area contributed by atoms with Gasteiger partial charge in [0.1, 0.15) is 17.2 Å². The van der Waals surface area contributed by atoms with Crippen LogP contribution < -0.4 is 31.1 Å².